The second kappa shape index (κ2) is 36.6. The van der Waals surface area contributed by atoms with E-state index in [1.807, 2.05) is 41.5 Å². The van der Waals surface area contributed by atoms with Crippen LogP contribution in [0.25, 0.3) is 0 Å². The zero-order valence-electron chi connectivity index (χ0n) is 64.1. The minimum Gasteiger partial charge on any atom is -0.452 e. The SMILES string of the molecule is CC(C)(C)[Si]1(C(C)(C)C)OC[C@H]2O[C@H](OC[C@H]3O[C@@H](OC[C@H]4O[C@@H](OCC[Si](C)(C)C)[C@H](OC(=O)c5ccccc5)[C@@H](OC(=O)c5ccccc5)[C@H]4OC(=O)c4ccccc4)[C@H](OC(=O)c4ccccc4)[C@@H](OC(=O)c4ccccc4)[C@H]3OC(=O)c3ccccc3)[C@H](OC(=O)c3ccccc3)[C@@H](OC(=O)c3ccccc3)[C@H]2O1. The van der Waals surface area contributed by atoms with Crippen LogP contribution in [0.4, 0.5) is 0 Å². The van der Waals surface area contributed by atoms with E-state index in [1.54, 1.807) is 158 Å². The van der Waals surface area contributed by atoms with Crippen LogP contribution in [-0.2, 0) is 75.2 Å². The normalized spacial score (nSPS) is 24.8. The monoisotopic (exact) mass is 1580 g/mol. The van der Waals surface area contributed by atoms with E-state index in [9.17, 15) is 24.0 Å². The summed E-state index contributed by atoms with van der Waals surface area (Å²) in [4.78, 5) is 119. The fraction of sp³-hybridized carbons (Fsp3) is 0.356. The molecule has 0 saturated carbocycles. The molecule has 8 aromatic carbocycles. The van der Waals surface area contributed by atoms with E-state index < -0.39 is 180 Å². The van der Waals surface area contributed by atoms with Gasteiger partial charge in [-0.15, -0.1) is 0 Å². The topological polar surface area (TPSA) is 284 Å². The van der Waals surface area contributed by atoms with Crippen molar-refractivity contribution < 1.29 is 114 Å². The molecular weight excluding hydrogens is 1490 g/mol. The van der Waals surface area contributed by atoms with E-state index in [1.165, 1.54) is 84.9 Å². The third-order valence-electron chi connectivity index (χ3n) is 19.5. The molecule has 4 fully saturated rings. The maximum atomic E-state index is 15.1. The molecule has 0 radical (unpaired) electrons. The molecular formula is C87H92O24Si2. The molecule has 0 aromatic heterocycles. The van der Waals surface area contributed by atoms with Gasteiger partial charge in [-0.1, -0.05) is 207 Å². The molecule has 4 aliphatic rings. The van der Waals surface area contributed by atoms with Crippen LogP contribution in [0.2, 0.25) is 35.8 Å². The lowest BCUT2D eigenvalue weighted by molar-refractivity contribution is -0.341. The van der Waals surface area contributed by atoms with Crippen molar-refractivity contribution in [3.05, 3.63) is 287 Å². The molecule has 8 aromatic rings. The van der Waals surface area contributed by atoms with E-state index in [2.05, 4.69) is 19.6 Å². The molecule has 24 nitrogen and oxygen atoms in total. The molecule has 0 aliphatic carbocycles. The van der Waals surface area contributed by atoms with E-state index in [-0.39, 0.29) is 57.7 Å². The summed E-state index contributed by atoms with van der Waals surface area (Å²) in [5, 5.41) is -1.28. The van der Waals surface area contributed by atoms with Crippen LogP contribution in [0.15, 0.2) is 243 Å². The van der Waals surface area contributed by atoms with Gasteiger partial charge >= 0.3 is 56.3 Å². The highest BCUT2D eigenvalue weighted by atomic mass is 28.4. The summed E-state index contributed by atoms with van der Waals surface area (Å²) in [7, 11) is -5.47. The highest BCUT2D eigenvalue weighted by Crippen LogP contribution is 2.56. The Balaban J connectivity index is 0.997. The second-order valence-corrected chi connectivity index (χ2v) is 41.3. The summed E-state index contributed by atoms with van der Waals surface area (Å²) >= 11 is 0. The Bertz CT molecular complexity index is 4500. The zero-order valence-corrected chi connectivity index (χ0v) is 66.1. The number of fused-ring (bicyclic) bond motifs is 1. The second-order valence-electron chi connectivity index (χ2n) is 30.9. The predicted molar refractivity (Wildman–Crippen MR) is 413 cm³/mol. The minimum atomic E-state index is -3.52. The largest absolute Gasteiger partial charge is 0.452 e. The fourth-order valence-corrected chi connectivity index (χ4v) is 19.7. The van der Waals surface area contributed by atoms with Crippen molar-refractivity contribution >= 4 is 64.4 Å². The van der Waals surface area contributed by atoms with E-state index in [4.69, 9.17) is 75.2 Å². The smallest absolute Gasteiger partial charge is 0.349 e. The quantitative estimate of drug-likeness (QED) is 0.0276. The average Bonchev–Trinajstić information content (AvgIpc) is 0.725. The first-order valence-electron chi connectivity index (χ1n) is 37.4. The lowest BCUT2D eigenvalue weighted by Gasteiger charge is -2.57. The van der Waals surface area contributed by atoms with Gasteiger partial charge in [0.1, 0.15) is 24.4 Å². The molecule has 0 bridgehead atoms. The highest BCUT2D eigenvalue weighted by molar-refractivity contribution is 6.76. The van der Waals surface area contributed by atoms with E-state index >= 15 is 14.4 Å². The number of ether oxygens (including phenoxy) is 14. The number of benzene rings is 8. The summed E-state index contributed by atoms with van der Waals surface area (Å²) in [5.41, 5.74) is 0.441. The lowest BCUT2D eigenvalue weighted by atomic mass is 9.96. The van der Waals surface area contributed by atoms with Crippen molar-refractivity contribution in [2.75, 3.05) is 26.4 Å². The van der Waals surface area contributed by atoms with Crippen LogP contribution < -0.4 is 0 Å². The Morgan fingerprint density at radius 2 is 0.566 bits per heavy atom. The molecule has 113 heavy (non-hydrogen) atoms. The van der Waals surface area contributed by atoms with Gasteiger partial charge in [0.2, 0.25) is 0 Å². The summed E-state index contributed by atoms with van der Waals surface area (Å²) in [6.07, 6.45) is -25.5. The third-order valence-corrected chi connectivity index (χ3v) is 26.3. The van der Waals surface area contributed by atoms with Crippen molar-refractivity contribution in [3.8, 4) is 0 Å². The Morgan fingerprint density at radius 3 is 0.841 bits per heavy atom. The van der Waals surface area contributed by atoms with Gasteiger partial charge in [-0.3, -0.25) is 0 Å². The highest BCUT2D eigenvalue weighted by Gasteiger charge is 2.67. The summed E-state index contributed by atoms with van der Waals surface area (Å²) in [6.45, 7) is 16.7. The molecule has 26 heteroatoms. The van der Waals surface area contributed by atoms with Crippen LogP contribution in [0, 0.1) is 0 Å². The summed E-state index contributed by atoms with van der Waals surface area (Å²) in [5.74, 6) is -7.51. The Labute approximate surface area is 657 Å². The molecule has 0 amide bonds. The Hall–Kier alpha value is -10.4. The first-order valence-corrected chi connectivity index (χ1v) is 43.0. The van der Waals surface area contributed by atoms with Gasteiger partial charge in [-0.2, -0.15) is 0 Å². The maximum absolute atomic E-state index is 15.1. The lowest BCUT2D eigenvalue weighted by Crippen LogP contribution is -2.72. The van der Waals surface area contributed by atoms with Crippen molar-refractivity contribution in [2.24, 2.45) is 0 Å². The Morgan fingerprint density at radius 1 is 0.327 bits per heavy atom. The van der Waals surface area contributed by atoms with Gasteiger partial charge in [0.25, 0.3) is 0 Å². The standard InChI is InChI=1S/C87H92O24Si2/c1-86(2,3)113(87(4,5)6)99-54-65-68(111-113)71(107-79(92)59-42-26-14-27-43-59)74(110-82(95)62-48-32-17-33-49-62)85(102-65)98-53-64-67(104-76(89)56-36-20-11-21-37-56)70(106-78(91)58-40-24-13-25-41-58)73(109-81(94)61-46-30-16-31-47-61)84(101-64)97-52-63-66(103-75(88)55-34-18-10-19-35-55)69(105-77(90)57-38-22-12-23-39-57)72(83(100-63)96-50-51-112(7,8)9)108-80(93)60-44-28-15-29-45-60/h10-49,63-74,83-85H,50-54H2,1-9H3/t63-,64-,65-,66+,67+,68+,69+,70+,71+,72-,73-,74-,83-,84-,85+/m1/s1. The number of carbonyl (C=O) groups excluding carboxylic acids is 8. The molecule has 12 rings (SSSR count). The number of hydrogen-bond acceptors (Lipinski definition) is 24. The van der Waals surface area contributed by atoms with Crippen LogP contribution >= 0.6 is 0 Å². The third kappa shape index (κ3) is 20.2. The molecule has 0 spiro atoms. The summed E-state index contributed by atoms with van der Waals surface area (Å²) in [6, 6.07) is 64.0. The molecule has 0 unspecified atom stereocenters. The van der Waals surface area contributed by atoms with Crippen molar-refractivity contribution in [2.45, 2.75) is 169 Å². The van der Waals surface area contributed by atoms with Gasteiger partial charge in [0.15, 0.2) is 67.7 Å². The number of rotatable bonds is 26. The molecule has 4 heterocycles. The minimum absolute atomic E-state index is 0.00408. The predicted octanol–water partition coefficient (Wildman–Crippen LogP) is 13.8. The van der Waals surface area contributed by atoms with Gasteiger partial charge in [0.05, 0.1) is 64.3 Å². The first-order chi connectivity index (χ1) is 54.2. The first kappa shape index (κ1) is 82.1. The van der Waals surface area contributed by atoms with E-state index in [0.717, 1.165) is 0 Å². The average molecular weight is 1580 g/mol. The van der Waals surface area contributed by atoms with Gasteiger partial charge in [0, 0.05) is 24.8 Å². The summed E-state index contributed by atoms with van der Waals surface area (Å²) < 4.78 is 108. The molecule has 4 saturated heterocycles. The van der Waals surface area contributed by atoms with Gasteiger partial charge in [-0.05, 0) is 103 Å². The molecule has 15 atom stereocenters. The van der Waals surface area contributed by atoms with Gasteiger partial charge in [-0.25, -0.2) is 38.4 Å². The fourth-order valence-electron chi connectivity index (χ4n) is 14.0. The number of hydrogen-bond donors (Lipinski definition) is 0. The number of esters is 8. The zero-order chi connectivity index (χ0) is 80.0. The van der Waals surface area contributed by atoms with Crippen LogP contribution in [0.3, 0.4) is 0 Å². The van der Waals surface area contributed by atoms with Crippen LogP contribution in [-0.4, -0.2) is 183 Å². The molecule has 0 N–H and O–H groups in total. The Kier molecular flexibility index (Phi) is 26.6. The van der Waals surface area contributed by atoms with E-state index in [0.29, 0.717) is 6.04 Å². The van der Waals surface area contributed by atoms with Gasteiger partial charge < -0.3 is 75.2 Å². The van der Waals surface area contributed by atoms with Crippen LogP contribution in [0.1, 0.15) is 124 Å². The molecule has 592 valence electrons. The van der Waals surface area contributed by atoms with Crippen molar-refractivity contribution in [1.82, 2.24) is 0 Å². The maximum Gasteiger partial charge on any atom is 0.349 e. The van der Waals surface area contributed by atoms with Crippen molar-refractivity contribution in [3.63, 3.8) is 0 Å². The number of carbonyl (C=O) groups is 8. The van der Waals surface area contributed by atoms with Crippen LogP contribution in [0.5, 0.6) is 0 Å². The van der Waals surface area contributed by atoms with Crippen molar-refractivity contribution in [1.29, 1.82) is 0 Å². The molecule has 4 aliphatic heterocycles.